The van der Waals surface area contributed by atoms with Crippen LogP contribution in [0.25, 0.3) is 0 Å². The topological polar surface area (TPSA) is 12.9 Å². The van der Waals surface area contributed by atoms with E-state index >= 15 is 0 Å². The van der Waals surface area contributed by atoms with Crippen molar-refractivity contribution >= 4 is 0 Å². The average Bonchev–Trinajstić information content (AvgIpc) is 2.21. The van der Waals surface area contributed by atoms with E-state index in [0.717, 1.165) is 17.6 Å². The number of pyridine rings is 1. The smallest absolute Gasteiger partial charge is 0.122 e. The van der Waals surface area contributed by atoms with Gasteiger partial charge in [0.1, 0.15) is 18.8 Å². The molecular weight excluding hydrogens is 136 g/mol. The van der Waals surface area contributed by atoms with Crippen molar-refractivity contribution in [2.24, 2.45) is 0 Å². The number of hydrogen-bond acceptors (Lipinski definition) is 1. The fourth-order valence-electron chi connectivity index (χ4n) is 1.68. The Bertz CT molecular complexity index is 252. The summed E-state index contributed by atoms with van der Waals surface area (Å²) in [7, 11) is 4.48. The minimum atomic E-state index is 1.05. The lowest BCUT2D eigenvalue weighted by Gasteiger charge is -2.21. The van der Waals surface area contributed by atoms with Gasteiger partial charge in [-0.3, -0.25) is 4.98 Å². The van der Waals surface area contributed by atoms with E-state index in [1.54, 1.807) is 0 Å². The van der Waals surface area contributed by atoms with Crippen molar-refractivity contribution in [3.63, 3.8) is 0 Å². The lowest BCUT2D eigenvalue weighted by molar-refractivity contribution is -0.910. The first-order valence-corrected chi connectivity index (χ1v) is 3.92. The Hall–Kier alpha value is -0.890. The summed E-state index contributed by atoms with van der Waals surface area (Å²) in [5.74, 6) is 0. The molecule has 0 atom stereocenters. The predicted octanol–water partition coefficient (Wildman–Crippen LogP) is 1.17. The van der Waals surface area contributed by atoms with Gasteiger partial charge in [0.15, 0.2) is 0 Å². The number of quaternary nitrogens is 1. The van der Waals surface area contributed by atoms with Gasteiger partial charge in [0.25, 0.3) is 0 Å². The molecule has 0 bridgehead atoms. The van der Waals surface area contributed by atoms with E-state index in [2.05, 4.69) is 25.1 Å². The van der Waals surface area contributed by atoms with Gasteiger partial charge < -0.3 is 4.48 Å². The molecular formula is C9H13N2+. The zero-order chi connectivity index (χ0) is 7.90. The van der Waals surface area contributed by atoms with Gasteiger partial charge in [-0.05, 0) is 12.1 Å². The Labute approximate surface area is 67.1 Å². The van der Waals surface area contributed by atoms with Crippen molar-refractivity contribution in [2.45, 2.75) is 13.1 Å². The molecule has 1 aromatic heterocycles. The maximum atomic E-state index is 4.34. The number of aromatic nitrogens is 1. The van der Waals surface area contributed by atoms with Gasteiger partial charge >= 0.3 is 0 Å². The lowest BCUT2D eigenvalue weighted by Crippen LogP contribution is -2.32. The molecule has 2 heteroatoms. The number of hydrogen-bond donors (Lipinski definition) is 0. The maximum absolute atomic E-state index is 4.34. The largest absolute Gasteiger partial charge is 0.320 e. The van der Waals surface area contributed by atoms with E-state index in [1.165, 1.54) is 11.3 Å². The zero-order valence-corrected chi connectivity index (χ0v) is 7.04. The third-order valence-electron chi connectivity index (χ3n) is 2.16. The first kappa shape index (κ1) is 6.80. The molecule has 0 saturated carbocycles. The number of fused-ring (bicyclic) bond motifs is 1. The van der Waals surface area contributed by atoms with E-state index in [-0.39, 0.29) is 0 Å². The summed E-state index contributed by atoms with van der Waals surface area (Å²) in [6.07, 6.45) is 1.88. The van der Waals surface area contributed by atoms with E-state index in [4.69, 9.17) is 0 Å². The Morgan fingerprint density at radius 3 is 2.91 bits per heavy atom. The van der Waals surface area contributed by atoms with Crippen LogP contribution in [0.15, 0.2) is 18.3 Å². The summed E-state index contributed by atoms with van der Waals surface area (Å²) >= 11 is 0. The minimum Gasteiger partial charge on any atom is -0.320 e. The molecule has 1 aromatic rings. The van der Waals surface area contributed by atoms with E-state index < -0.39 is 0 Å². The van der Waals surface area contributed by atoms with Gasteiger partial charge in [-0.2, -0.15) is 0 Å². The summed E-state index contributed by atoms with van der Waals surface area (Å²) in [6, 6.07) is 4.19. The van der Waals surface area contributed by atoms with Crippen LogP contribution in [-0.2, 0) is 13.1 Å². The van der Waals surface area contributed by atoms with E-state index in [9.17, 15) is 0 Å². The summed E-state index contributed by atoms with van der Waals surface area (Å²) in [4.78, 5) is 4.34. The van der Waals surface area contributed by atoms with Gasteiger partial charge in [-0.1, -0.05) is 0 Å². The molecule has 2 heterocycles. The first-order chi connectivity index (χ1) is 5.17. The summed E-state index contributed by atoms with van der Waals surface area (Å²) in [5.41, 5.74) is 2.69. The van der Waals surface area contributed by atoms with E-state index in [1.807, 2.05) is 12.3 Å². The van der Waals surface area contributed by atoms with Gasteiger partial charge in [0.05, 0.1) is 14.1 Å². The van der Waals surface area contributed by atoms with Crippen LogP contribution in [0, 0.1) is 0 Å². The van der Waals surface area contributed by atoms with Gasteiger partial charge in [0, 0.05) is 11.8 Å². The van der Waals surface area contributed by atoms with Crippen molar-refractivity contribution in [1.82, 2.24) is 4.98 Å². The van der Waals surface area contributed by atoms with Crippen molar-refractivity contribution in [3.8, 4) is 0 Å². The van der Waals surface area contributed by atoms with Crippen LogP contribution in [-0.4, -0.2) is 23.6 Å². The molecule has 0 spiro atoms. The van der Waals surface area contributed by atoms with Gasteiger partial charge in [0.2, 0.25) is 0 Å². The molecule has 0 saturated heterocycles. The highest BCUT2D eigenvalue weighted by atomic mass is 15.3. The molecule has 0 aromatic carbocycles. The predicted molar refractivity (Wildman–Crippen MR) is 43.8 cm³/mol. The monoisotopic (exact) mass is 149 g/mol. The molecule has 0 aliphatic carbocycles. The van der Waals surface area contributed by atoms with Gasteiger partial charge in [-0.25, -0.2) is 0 Å². The fraction of sp³-hybridized carbons (Fsp3) is 0.444. The van der Waals surface area contributed by atoms with Crippen LogP contribution >= 0.6 is 0 Å². The summed E-state index contributed by atoms with van der Waals surface area (Å²) in [5, 5.41) is 0. The molecule has 0 amide bonds. The first-order valence-electron chi connectivity index (χ1n) is 3.92. The molecule has 0 radical (unpaired) electrons. The summed E-state index contributed by atoms with van der Waals surface area (Å²) in [6.45, 7) is 2.21. The van der Waals surface area contributed by atoms with Crippen molar-refractivity contribution in [2.75, 3.05) is 14.1 Å². The lowest BCUT2D eigenvalue weighted by atomic mass is 10.2. The Morgan fingerprint density at radius 1 is 1.36 bits per heavy atom. The van der Waals surface area contributed by atoms with Crippen molar-refractivity contribution < 1.29 is 4.48 Å². The highest BCUT2D eigenvalue weighted by molar-refractivity contribution is 5.20. The van der Waals surface area contributed by atoms with Crippen LogP contribution in [0.1, 0.15) is 11.3 Å². The second-order valence-electron chi connectivity index (χ2n) is 3.86. The highest BCUT2D eigenvalue weighted by Crippen LogP contribution is 2.23. The quantitative estimate of drug-likeness (QED) is 0.505. The Morgan fingerprint density at radius 2 is 2.18 bits per heavy atom. The molecule has 11 heavy (non-hydrogen) atoms. The standard InChI is InChI=1S/C9H13N2/c1-11(2)6-8-4-3-5-10-9(8)7-11/h3-5H,6-7H2,1-2H3/q+1. The molecule has 0 unspecified atom stereocenters. The SMILES string of the molecule is C[N+]1(C)Cc2cccnc2C1. The Balaban J connectivity index is 2.41. The van der Waals surface area contributed by atoms with Crippen LogP contribution in [0.2, 0.25) is 0 Å². The van der Waals surface area contributed by atoms with Crippen molar-refractivity contribution in [1.29, 1.82) is 0 Å². The minimum absolute atomic E-state index is 1.05. The highest BCUT2D eigenvalue weighted by Gasteiger charge is 2.27. The molecule has 58 valence electrons. The fourth-order valence-corrected chi connectivity index (χ4v) is 1.68. The van der Waals surface area contributed by atoms with E-state index in [0.29, 0.717) is 0 Å². The molecule has 0 N–H and O–H groups in total. The molecule has 0 fully saturated rings. The van der Waals surface area contributed by atoms with Crippen LogP contribution in [0.5, 0.6) is 0 Å². The van der Waals surface area contributed by atoms with Gasteiger partial charge in [-0.15, -0.1) is 0 Å². The summed E-state index contributed by atoms with van der Waals surface area (Å²) < 4.78 is 1.05. The second kappa shape index (κ2) is 2.05. The number of rotatable bonds is 0. The molecule has 2 nitrogen and oxygen atoms in total. The van der Waals surface area contributed by atoms with Crippen molar-refractivity contribution in [3.05, 3.63) is 29.6 Å². The third kappa shape index (κ3) is 1.14. The molecule has 2 rings (SSSR count). The number of nitrogens with zero attached hydrogens (tertiary/aromatic N) is 2. The second-order valence-corrected chi connectivity index (χ2v) is 3.86. The van der Waals surface area contributed by atoms with Crippen LogP contribution in [0.3, 0.4) is 0 Å². The normalized spacial score (nSPS) is 19.8. The average molecular weight is 149 g/mol. The molecule has 1 aliphatic heterocycles. The maximum Gasteiger partial charge on any atom is 0.122 e. The van der Waals surface area contributed by atoms with Crippen LogP contribution < -0.4 is 0 Å². The van der Waals surface area contributed by atoms with Crippen LogP contribution in [0.4, 0.5) is 0 Å². The Kier molecular flexibility index (Phi) is 1.26. The molecule has 1 aliphatic rings. The third-order valence-corrected chi connectivity index (χ3v) is 2.16. The zero-order valence-electron chi connectivity index (χ0n) is 7.04.